The van der Waals surface area contributed by atoms with Gasteiger partial charge in [-0.15, -0.1) is 0 Å². The summed E-state index contributed by atoms with van der Waals surface area (Å²) in [5.74, 6) is -0.598. The van der Waals surface area contributed by atoms with Gasteiger partial charge < -0.3 is 5.32 Å². The van der Waals surface area contributed by atoms with Crippen molar-refractivity contribution in [3.63, 3.8) is 0 Å². The van der Waals surface area contributed by atoms with Gasteiger partial charge in [0.15, 0.2) is 0 Å². The van der Waals surface area contributed by atoms with Crippen LogP contribution >= 0.6 is 11.6 Å². The fourth-order valence-corrected chi connectivity index (χ4v) is 5.74. The third-order valence-electron chi connectivity index (χ3n) is 5.21. The van der Waals surface area contributed by atoms with E-state index in [2.05, 4.69) is 14.8 Å². The molecule has 8 nitrogen and oxygen atoms in total. The monoisotopic (exact) mass is 555 g/mol. The number of hydrogen-bond donors (Lipinski definition) is 3. The molecule has 0 saturated carbocycles. The van der Waals surface area contributed by atoms with Crippen molar-refractivity contribution < 1.29 is 21.6 Å². The van der Waals surface area contributed by atoms with Crippen molar-refractivity contribution in [3.05, 3.63) is 113 Å². The van der Waals surface area contributed by atoms with E-state index in [0.717, 1.165) is 5.56 Å². The number of sulfonamides is 2. The average Bonchev–Trinajstić information content (AvgIpc) is 2.85. The van der Waals surface area contributed by atoms with Gasteiger partial charge in [-0.2, -0.15) is 0 Å². The van der Waals surface area contributed by atoms with E-state index in [4.69, 9.17) is 11.6 Å². The van der Waals surface area contributed by atoms with Crippen molar-refractivity contribution in [2.24, 2.45) is 0 Å². The number of nitrogens with one attached hydrogen (secondary N) is 3. The molecule has 1 amide bonds. The molecule has 0 bridgehead atoms. The minimum absolute atomic E-state index is 0.0161. The maximum absolute atomic E-state index is 12.9. The number of benzene rings is 4. The first-order valence-electron chi connectivity index (χ1n) is 10.9. The summed E-state index contributed by atoms with van der Waals surface area (Å²) in [4.78, 5) is 13.0. The maximum atomic E-state index is 12.9. The zero-order valence-electron chi connectivity index (χ0n) is 19.5. The van der Waals surface area contributed by atoms with Crippen LogP contribution < -0.4 is 14.8 Å². The van der Waals surface area contributed by atoms with Crippen LogP contribution in [0.5, 0.6) is 0 Å². The van der Waals surface area contributed by atoms with Crippen LogP contribution in [0.4, 0.5) is 17.1 Å². The predicted molar refractivity (Wildman–Crippen MR) is 145 cm³/mol. The zero-order valence-corrected chi connectivity index (χ0v) is 21.9. The number of rotatable bonds is 8. The van der Waals surface area contributed by atoms with Crippen LogP contribution in [-0.4, -0.2) is 22.7 Å². The van der Waals surface area contributed by atoms with Gasteiger partial charge in [0, 0.05) is 17.1 Å². The largest absolute Gasteiger partial charge is 0.322 e. The summed E-state index contributed by atoms with van der Waals surface area (Å²) in [6, 6.07) is 24.6. The first-order chi connectivity index (χ1) is 17.5. The molecule has 37 heavy (non-hydrogen) atoms. The summed E-state index contributed by atoms with van der Waals surface area (Å²) < 4.78 is 55.5. The van der Waals surface area contributed by atoms with Gasteiger partial charge in [-0.25, -0.2) is 16.8 Å². The fraction of sp³-hybridized carbons (Fsp3) is 0.0385. The molecule has 0 aliphatic carbocycles. The Labute approximate surface area is 220 Å². The Balaban J connectivity index is 1.48. The number of hydrogen-bond acceptors (Lipinski definition) is 5. The lowest BCUT2D eigenvalue weighted by atomic mass is 10.2. The van der Waals surface area contributed by atoms with Crippen LogP contribution in [0.2, 0.25) is 5.02 Å². The molecule has 0 spiro atoms. The van der Waals surface area contributed by atoms with Crippen molar-refractivity contribution in [2.45, 2.75) is 16.7 Å². The molecule has 0 heterocycles. The van der Waals surface area contributed by atoms with Crippen molar-refractivity contribution in [2.75, 3.05) is 14.8 Å². The van der Waals surface area contributed by atoms with Crippen molar-refractivity contribution >= 4 is 54.6 Å². The van der Waals surface area contributed by atoms with E-state index < -0.39 is 26.0 Å². The standard InChI is InChI=1S/C26H22ClN3O5S2/c1-18-6-5-7-20(16-18)29-37(34,35)23-13-10-19(11-14-23)28-26(31)24-17-21(12-15-25(24)27)30-36(32,33)22-8-3-2-4-9-22/h2-17,29-30H,1H3,(H,28,31). The Kier molecular flexibility index (Phi) is 7.53. The first kappa shape index (κ1) is 26.2. The van der Waals surface area contributed by atoms with Crippen LogP contribution in [0.25, 0.3) is 0 Å². The molecule has 4 rings (SSSR count). The second-order valence-electron chi connectivity index (χ2n) is 8.07. The van der Waals surface area contributed by atoms with Gasteiger partial charge in [-0.05, 0) is 79.2 Å². The lowest BCUT2D eigenvalue weighted by Gasteiger charge is -2.12. The van der Waals surface area contributed by atoms with Gasteiger partial charge in [0.1, 0.15) is 0 Å². The van der Waals surface area contributed by atoms with Gasteiger partial charge in [0.2, 0.25) is 0 Å². The van der Waals surface area contributed by atoms with Crippen LogP contribution in [-0.2, 0) is 20.0 Å². The van der Waals surface area contributed by atoms with E-state index in [9.17, 15) is 21.6 Å². The lowest BCUT2D eigenvalue weighted by molar-refractivity contribution is 0.102. The van der Waals surface area contributed by atoms with E-state index in [1.807, 2.05) is 13.0 Å². The third kappa shape index (κ3) is 6.48. The molecule has 0 aliphatic rings. The lowest BCUT2D eigenvalue weighted by Crippen LogP contribution is -2.16. The highest BCUT2D eigenvalue weighted by Gasteiger charge is 2.18. The highest BCUT2D eigenvalue weighted by atomic mass is 35.5. The molecule has 0 aliphatic heterocycles. The van der Waals surface area contributed by atoms with Crippen molar-refractivity contribution in [1.82, 2.24) is 0 Å². The van der Waals surface area contributed by atoms with E-state index >= 15 is 0 Å². The van der Waals surface area contributed by atoms with Crippen LogP contribution in [0, 0.1) is 6.92 Å². The van der Waals surface area contributed by atoms with Crippen molar-refractivity contribution in [3.8, 4) is 0 Å². The molecule has 0 saturated heterocycles. The molecular weight excluding hydrogens is 534 g/mol. The SMILES string of the molecule is Cc1cccc(NS(=O)(=O)c2ccc(NC(=O)c3cc(NS(=O)(=O)c4ccccc4)ccc3Cl)cc2)c1. The molecule has 0 atom stereocenters. The number of carbonyl (C=O) groups excluding carboxylic acids is 1. The molecular formula is C26H22ClN3O5S2. The highest BCUT2D eigenvalue weighted by molar-refractivity contribution is 7.93. The van der Waals surface area contributed by atoms with Crippen LogP contribution in [0.1, 0.15) is 15.9 Å². The summed E-state index contributed by atoms with van der Waals surface area (Å²) in [7, 11) is -7.69. The number of aryl methyl sites for hydroxylation is 1. The maximum Gasteiger partial charge on any atom is 0.261 e. The average molecular weight is 556 g/mol. The van der Waals surface area contributed by atoms with Gasteiger partial charge >= 0.3 is 0 Å². The number of carbonyl (C=O) groups is 1. The normalized spacial score (nSPS) is 11.5. The Hall–Kier alpha value is -3.86. The Bertz CT molecular complexity index is 1660. The van der Waals surface area contributed by atoms with E-state index in [1.165, 1.54) is 54.6 Å². The molecule has 190 valence electrons. The topological polar surface area (TPSA) is 121 Å². The Morgan fingerprint density at radius 3 is 1.84 bits per heavy atom. The zero-order chi connectivity index (χ0) is 26.6. The fourth-order valence-electron chi connectivity index (χ4n) is 3.41. The minimum atomic E-state index is -3.86. The second kappa shape index (κ2) is 10.6. The summed E-state index contributed by atoms with van der Waals surface area (Å²) in [6.07, 6.45) is 0. The molecule has 11 heteroatoms. The van der Waals surface area contributed by atoms with E-state index in [0.29, 0.717) is 11.4 Å². The molecule has 4 aromatic rings. The van der Waals surface area contributed by atoms with Gasteiger partial charge in [0.05, 0.1) is 20.4 Å². The summed E-state index contributed by atoms with van der Waals surface area (Å²) in [5, 5.41) is 2.75. The number of amides is 1. The third-order valence-corrected chi connectivity index (χ3v) is 8.33. The van der Waals surface area contributed by atoms with Crippen LogP contribution in [0.3, 0.4) is 0 Å². The van der Waals surface area contributed by atoms with Crippen molar-refractivity contribution in [1.29, 1.82) is 0 Å². The predicted octanol–water partition coefficient (Wildman–Crippen LogP) is 5.50. The Morgan fingerprint density at radius 2 is 1.22 bits per heavy atom. The molecule has 0 radical (unpaired) electrons. The van der Waals surface area contributed by atoms with Crippen LogP contribution in [0.15, 0.2) is 107 Å². The van der Waals surface area contributed by atoms with Gasteiger partial charge in [-0.1, -0.05) is 41.9 Å². The molecule has 3 N–H and O–H groups in total. The molecule has 0 fully saturated rings. The summed E-state index contributed by atoms with van der Waals surface area (Å²) >= 11 is 6.19. The Morgan fingerprint density at radius 1 is 0.649 bits per heavy atom. The number of halogens is 1. The summed E-state index contributed by atoms with van der Waals surface area (Å²) in [6.45, 7) is 1.86. The second-order valence-corrected chi connectivity index (χ2v) is 11.8. The molecule has 0 aromatic heterocycles. The van der Waals surface area contributed by atoms with E-state index in [-0.39, 0.29) is 26.1 Å². The molecule has 0 unspecified atom stereocenters. The van der Waals surface area contributed by atoms with Gasteiger partial charge in [-0.3, -0.25) is 14.2 Å². The quantitative estimate of drug-likeness (QED) is 0.265. The molecule has 4 aromatic carbocycles. The van der Waals surface area contributed by atoms with Gasteiger partial charge in [0.25, 0.3) is 26.0 Å². The summed E-state index contributed by atoms with van der Waals surface area (Å²) in [5.41, 5.74) is 1.87. The first-order valence-corrected chi connectivity index (χ1v) is 14.3. The number of anilines is 3. The van der Waals surface area contributed by atoms with E-state index in [1.54, 1.807) is 36.4 Å². The smallest absolute Gasteiger partial charge is 0.261 e. The minimum Gasteiger partial charge on any atom is -0.322 e. The highest BCUT2D eigenvalue weighted by Crippen LogP contribution is 2.25.